The van der Waals surface area contributed by atoms with Crippen molar-refractivity contribution >= 4 is 27.9 Å². The number of rotatable bonds is 2. The average Bonchev–Trinajstić information content (AvgIpc) is 2.37. The van der Waals surface area contributed by atoms with Crippen molar-refractivity contribution in [1.82, 2.24) is 4.90 Å². The van der Waals surface area contributed by atoms with Crippen molar-refractivity contribution < 1.29 is 4.79 Å². The lowest BCUT2D eigenvalue weighted by molar-refractivity contribution is -0.129. The van der Waals surface area contributed by atoms with Crippen molar-refractivity contribution in [3.63, 3.8) is 0 Å². The van der Waals surface area contributed by atoms with Crippen LogP contribution in [-0.2, 0) is 4.79 Å². The molecule has 2 rings (SSSR count). The third-order valence-corrected chi connectivity index (χ3v) is 3.85. The van der Waals surface area contributed by atoms with Crippen LogP contribution in [0.5, 0.6) is 0 Å². The van der Waals surface area contributed by atoms with Gasteiger partial charge in [0, 0.05) is 23.1 Å². The zero-order chi connectivity index (χ0) is 13.0. The van der Waals surface area contributed by atoms with Gasteiger partial charge in [-0.1, -0.05) is 28.1 Å². The quantitative estimate of drug-likeness (QED) is 0.760. The standard InChI is InChI=1S/C15H18BrNO/c1-12-5-2-3-10-17(12)15(18)9-8-13-6-4-7-14(16)11-13/h4,6-9,11-12H,2-3,5,10H2,1H3/b9-8+/t12-/m1/s1. The second-order valence-electron chi connectivity index (χ2n) is 4.76. The molecule has 1 aromatic carbocycles. The zero-order valence-electron chi connectivity index (χ0n) is 10.6. The van der Waals surface area contributed by atoms with E-state index in [2.05, 4.69) is 22.9 Å². The lowest BCUT2D eigenvalue weighted by atomic mass is 10.0. The second kappa shape index (κ2) is 6.19. The van der Waals surface area contributed by atoms with Gasteiger partial charge in [0.1, 0.15) is 0 Å². The number of piperidine rings is 1. The van der Waals surface area contributed by atoms with E-state index in [9.17, 15) is 4.79 Å². The molecule has 1 fully saturated rings. The van der Waals surface area contributed by atoms with Crippen molar-refractivity contribution in [2.45, 2.75) is 32.2 Å². The average molecular weight is 308 g/mol. The molecule has 2 nitrogen and oxygen atoms in total. The predicted molar refractivity (Wildman–Crippen MR) is 78.2 cm³/mol. The third kappa shape index (κ3) is 3.45. The van der Waals surface area contributed by atoms with Crippen LogP contribution >= 0.6 is 15.9 Å². The van der Waals surface area contributed by atoms with Gasteiger partial charge in [-0.2, -0.15) is 0 Å². The number of amides is 1. The minimum absolute atomic E-state index is 0.127. The van der Waals surface area contributed by atoms with E-state index >= 15 is 0 Å². The molecule has 0 bridgehead atoms. The maximum atomic E-state index is 12.1. The van der Waals surface area contributed by atoms with Gasteiger partial charge in [-0.25, -0.2) is 0 Å². The molecule has 1 amide bonds. The molecule has 1 aromatic rings. The van der Waals surface area contributed by atoms with Gasteiger partial charge < -0.3 is 4.90 Å². The molecule has 96 valence electrons. The van der Waals surface area contributed by atoms with Crippen LogP contribution in [0, 0.1) is 0 Å². The maximum absolute atomic E-state index is 12.1. The first-order valence-corrected chi connectivity index (χ1v) is 7.20. The maximum Gasteiger partial charge on any atom is 0.246 e. The van der Waals surface area contributed by atoms with Crippen molar-refractivity contribution in [3.8, 4) is 0 Å². The van der Waals surface area contributed by atoms with Crippen LogP contribution < -0.4 is 0 Å². The Morgan fingerprint density at radius 3 is 3.00 bits per heavy atom. The molecular weight excluding hydrogens is 290 g/mol. The molecule has 1 heterocycles. The van der Waals surface area contributed by atoms with Crippen LogP contribution in [0.15, 0.2) is 34.8 Å². The Morgan fingerprint density at radius 2 is 2.28 bits per heavy atom. The third-order valence-electron chi connectivity index (χ3n) is 3.35. The summed E-state index contributed by atoms with van der Waals surface area (Å²) in [7, 11) is 0. The second-order valence-corrected chi connectivity index (χ2v) is 5.68. The Kier molecular flexibility index (Phi) is 4.59. The summed E-state index contributed by atoms with van der Waals surface area (Å²) in [6, 6.07) is 8.32. The number of carbonyl (C=O) groups excluding carboxylic acids is 1. The van der Waals surface area contributed by atoms with Gasteiger partial charge in [0.05, 0.1) is 0 Å². The molecule has 0 radical (unpaired) electrons. The summed E-state index contributed by atoms with van der Waals surface area (Å²) in [6.07, 6.45) is 7.05. The number of nitrogens with zero attached hydrogens (tertiary/aromatic N) is 1. The molecule has 0 saturated carbocycles. The molecule has 0 aromatic heterocycles. The molecule has 1 aliphatic rings. The van der Waals surface area contributed by atoms with Gasteiger partial charge in [0.25, 0.3) is 0 Å². The monoisotopic (exact) mass is 307 g/mol. The van der Waals surface area contributed by atoms with Crippen LogP contribution in [0.4, 0.5) is 0 Å². The fourth-order valence-electron chi connectivity index (χ4n) is 2.30. The number of hydrogen-bond acceptors (Lipinski definition) is 1. The van der Waals surface area contributed by atoms with Gasteiger partial charge in [-0.15, -0.1) is 0 Å². The van der Waals surface area contributed by atoms with Crippen LogP contribution in [0.1, 0.15) is 31.7 Å². The molecule has 0 aliphatic carbocycles. The van der Waals surface area contributed by atoms with E-state index in [1.165, 1.54) is 6.42 Å². The van der Waals surface area contributed by atoms with E-state index in [4.69, 9.17) is 0 Å². The van der Waals surface area contributed by atoms with Crippen molar-refractivity contribution in [2.75, 3.05) is 6.54 Å². The molecule has 1 saturated heterocycles. The minimum Gasteiger partial charge on any atom is -0.336 e. The fraction of sp³-hybridized carbons (Fsp3) is 0.400. The van der Waals surface area contributed by atoms with Crippen molar-refractivity contribution in [2.24, 2.45) is 0 Å². The highest BCUT2D eigenvalue weighted by Crippen LogP contribution is 2.17. The number of benzene rings is 1. The summed E-state index contributed by atoms with van der Waals surface area (Å²) >= 11 is 3.43. The number of carbonyl (C=O) groups is 1. The summed E-state index contributed by atoms with van der Waals surface area (Å²) in [5, 5.41) is 0. The topological polar surface area (TPSA) is 20.3 Å². The van der Waals surface area contributed by atoms with Gasteiger partial charge in [-0.05, 0) is 50.0 Å². The van der Waals surface area contributed by atoms with Crippen LogP contribution in [0.25, 0.3) is 6.08 Å². The van der Waals surface area contributed by atoms with E-state index in [1.807, 2.05) is 35.2 Å². The van der Waals surface area contributed by atoms with Gasteiger partial charge in [0.2, 0.25) is 5.91 Å². The Morgan fingerprint density at radius 1 is 1.44 bits per heavy atom. The number of halogens is 1. The summed E-state index contributed by atoms with van der Waals surface area (Å²) in [6.45, 7) is 3.02. The van der Waals surface area contributed by atoms with Crippen molar-refractivity contribution in [1.29, 1.82) is 0 Å². The minimum atomic E-state index is 0.127. The molecule has 1 aliphatic heterocycles. The first-order valence-electron chi connectivity index (χ1n) is 6.41. The molecule has 18 heavy (non-hydrogen) atoms. The molecule has 1 atom stereocenters. The van der Waals surface area contributed by atoms with E-state index in [-0.39, 0.29) is 5.91 Å². The Labute approximate surface area is 117 Å². The summed E-state index contributed by atoms with van der Waals surface area (Å²) in [5.41, 5.74) is 1.04. The normalized spacial score (nSPS) is 20.3. The molecule has 0 spiro atoms. The number of likely N-dealkylation sites (tertiary alicyclic amines) is 1. The Hall–Kier alpha value is -1.09. The summed E-state index contributed by atoms with van der Waals surface area (Å²) in [4.78, 5) is 14.1. The Balaban J connectivity index is 2.02. The van der Waals surface area contributed by atoms with E-state index in [1.54, 1.807) is 6.08 Å². The Bertz CT molecular complexity index is 456. The highest BCUT2D eigenvalue weighted by molar-refractivity contribution is 9.10. The first kappa shape index (κ1) is 13.3. The lowest BCUT2D eigenvalue weighted by Crippen LogP contribution is -2.41. The van der Waals surface area contributed by atoms with Gasteiger partial charge in [0.15, 0.2) is 0 Å². The SMILES string of the molecule is C[C@@H]1CCCCN1C(=O)/C=C/c1cccc(Br)c1. The summed E-state index contributed by atoms with van der Waals surface area (Å²) in [5.74, 6) is 0.127. The molecule has 0 unspecified atom stereocenters. The van der Waals surface area contributed by atoms with Crippen LogP contribution in [-0.4, -0.2) is 23.4 Å². The van der Waals surface area contributed by atoms with Crippen LogP contribution in [0.2, 0.25) is 0 Å². The molecule has 0 N–H and O–H groups in total. The van der Waals surface area contributed by atoms with E-state index in [0.29, 0.717) is 6.04 Å². The first-order chi connectivity index (χ1) is 8.66. The highest BCUT2D eigenvalue weighted by Gasteiger charge is 2.20. The van der Waals surface area contributed by atoms with E-state index < -0.39 is 0 Å². The largest absolute Gasteiger partial charge is 0.336 e. The highest BCUT2D eigenvalue weighted by atomic mass is 79.9. The van der Waals surface area contributed by atoms with E-state index in [0.717, 1.165) is 29.4 Å². The van der Waals surface area contributed by atoms with Gasteiger partial charge in [-0.3, -0.25) is 4.79 Å². The number of hydrogen-bond donors (Lipinski definition) is 0. The van der Waals surface area contributed by atoms with Gasteiger partial charge >= 0.3 is 0 Å². The lowest BCUT2D eigenvalue weighted by Gasteiger charge is -2.32. The van der Waals surface area contributed by atoms with Crippen LogP contribution in [0.3, 0.4) is 0 Å². The molecular formula is C15H18BrNO. The van der Waals surface area contributed by atoms with Crippen molar-refractivity contribution in [3.05, 3.63) is 40.4 Å². The predicted octanol–water partition coefficient (Wildman–Crippen LogP) is 3.86. The summed E-state index contributed by atoms with van der Waals surface area (Å²) < 4.78 is 1.03. The molecule has 3 heteroatoms. The fourth-order valence-corrected chi connectivity index (χ4v) is 2.72. The zero-order valence-corrected chi connectivity index (χ0v) is 12.2. The smallest absolute Gasteiger partial charge is 0.246 e.